The Balaban J connectivity index is 1.74. The molecule has 0 radical (unpaired) electrons. The predicted octanol–water partition coefficient (Wildman–Crippen LogP) is 1.63. The average molecular weight is 197 g/mol. The molecule has 0 amide bonds. The molecule has 0 aromatic rings. The molecule has 2 rings (SSSR count). The van der Waals surface area contributed by atoms with Crippen LogP contribution in [0.2, 0.25) is 0 Å². The fourth-order valence-electron chi connectivity index (χ4n) is 2.20. The zero-order valence-electron chi connectivity index (χ0n) is 8.54. The topological polar surface area (TPSA) is 49.3 Å². The number of carbonyl (C=O) groups is 1. The Bertz CT molecular complexity index is 209. The molecule has 2 fully saturated rings. The van der Waals surface area contributed by atoms with E-state index in [4.69, 9.17) is 5.11 Å². The van der Waals surface area contributed by atoms with Crippen LogP contribution in [0.3, 0.4) is 0 Å². The van der Waals surface area contributed by atoms with Crippen LogP contribution in [0, 0.1) is 11.8 Å². The van der Waals surface area contributed by atoms with Crippen molar-refractivity contribution < 1.29 is 9.90 Å². The van der Waals surface area contributed by atoms with Gasteiger partial charge in [-0.1, -0.05) is 12.8 Å². The lowest BCUT2D eigenvalue weighted by atomic mass is 9.75. The summed E-state index contributed by atoms with van der Waals surface area (Å²) in [5.41, 5.74) is 0. The summed E-state index contributed by atoms with van der Waals surface area (Å²) in [4.78, 5) is 11.0. The Kier molecular flexibility index (Phi) is 3.06. The molecule has 0 spiro atoms. The molecule has 3 nitrogen and oxygen atoms in total. The van der Waals surface area contributed by atoms with E-state index >= 15 is 0 Å². The van der Waals surface area contributed by atoms with Gasteiger partial charge in [0.2, 0.25) is 0 Å². The van der Waals surface area contributed by atoms with Crippen molar-refractivity contribution in [2.45, 2.75) is 44.6 Å². The monoisotopic (exact) mass is 197 g/mol. The van der Waals surface area contributed by atoms with Gasteiger partial charge in [-0.25, -0.2) is 0 Å². The summed E-state index contributed by atoms with van der Waals surface area (Å²) in [5, 5.41) is 12.4. The van der Waals surface area contributed by atoms with E-state index in [0.29, 0.717) is 18.5 Å². The summed E-state index contributed by atoms with van der Waals surface area (Å²) in [7, 11) is 0. The SMILES string of the molecule is O=C(O)C(CNC1CCC1)C1CCC1. The van der Waals surface area contributed by atoms with Gasteiger partial charge in [-0.15, -0.1) is 0 Å². The molecule has 2 aliphatic carbocycles. The number of rotatable bonds is 5. The fourth-order valence-corrected chi connectivity index (χ4v) is 2.20. The normalized spacial score (nSPS) is 25.1. The van der Waals surface area contributed by atoms with Gasteiger partial charge in [0.05, 0.1) is 5.92 Å². The van der Waals surface area contributed by atoms with E-state index in [9.17, 15) is 4.79 Å². The maximum Gasteiger partial charge on any atom is 0.308 e. The average Bonchev–Trinajstić information content (AvgIpc) is 1.95. The first-order chi connectivity index (χ1) is 6.77. The molecule has 0 aromatic carbocycles. The van der Waals surface area contributed by atoms with Crippen LogP contribution >= 0.6 is 0 Å². The quantitative estimate of drug-likeness (QED) is 0.704. The van der Waals surface area contributed by atoms with Gasteiger partial charge in [-0.2, -0.15) is 0 Å². The van der Waals surface area contributed by atoms with Gasteiger partial charge in [0.25, 0.3) is 0 Å². The van der Waals surface area contributed by atoms with Crippen molar-refractivity contribution in [2.75, 3.05) is 6.54 Å². The summed E-state index contributed by atoms with van der Waals surface area (Å²) < 4.78 is 0. The molecule has 3 heteroatoms. The number of nitrogens with one attached hydrogen (secondary N) is 1. The van der Waals surface area contributed by atoms with E-state index in [1.54, 1.807) is 0 Å². The maximum atomic E-state index is 11.0. The lowest BCUT2D eigenvalue weighted by Gasteiger charge is -2.34. The van der Waals surface area contributed by atoms with Crippen molar-refractivity contribution in [3.8, 4) is 0 Å². The second-order valence-electron chi connectivity index (χ2n) is 4.67. The first-order valence-corrected chi connectivity index (χ1v) is 5.73. The van der Waals surface area contributed by atoms with E-state index in [-0.39, 0.29) is 5.92 Å². The lowest BCUT2D eigenvalue weighted by Crippen LogP contribution is -2.43. The number of hydrogen-bond donors (Lipinski definition) is 2. The van der Waals surface area contributed by atoms with E-state index in [1.807, 2.05) is 0 Å². The van der Waals surface area contributed by atoms with Crippen molar-refractivity contribution in [2.24, 2.45) is 11.8 Å². The highest BCUT2D eigenvalue weighted by molar-refractivity contribution is 5.70. The molecule has 0 saturated heterocycles. The zero-order chi connectivity index (χ0) is 9.97. The van der Waals surface area contributed by atoms with Gasteiger partial charge < -0.3 is 10.4 Å². The van der Waals surface area contributed by atoms with Crippen molar-refractivity contribution in [1.29, 1.82) is 0 Å². The van der Waals surface area contributed by atoms with Crippen LogP contribution in [0.1, 0.15) is 38.5 Å². The largest absolute Gasteiger partial charge is 0.481 e. The second kappa shape index (κ2) is 4.30. The van der Waals surface area contributed by atoms with Crippen LogP contribution < -0.4 is 5.32 Å². The molecule has 0 aromatic heterocycles. The highest BCUT2D eigenvalue weighted by Gasteiger charge is 2.33. The third-order valence-corrected chi connectivity index (χ3v) is 3.77. The molecule has 14 heavy (non-hydrogen) atoms. The highest BCUT2D eigenvalue weighted by atomic mass is 16.4. The number of carboxylic acids is 1. The molecular formula is C11H19NO2. The molecule has 1 unspecified atom stereocenters. The van der Waals surface area contributed by atoms with Gasteiger partial charge in [0.1, 0.15) is 0 Å². The molecule has 0 aliphatic heterocycles. The molecule has 80 valence electrons. The van der Waals surface area contributed by atoms with Crippen molar-refractivity contribution in [3.63, 3.8) is 0 Å². The highest BCUT2D eigenvalue weighted by Crippen LogP contribution is 2.33. The smallest absolute Gasteiger partial charge is 0.308 e. The second-order valence-corrected chi connectivity index (χ2v) is 4.67. The molecule has 2 N–H and O–H groups in total. The van der Waals surface area contributed by atoms with Crippen LogP contribution in [0.25, 0.3) is 0 Å². The van der Waals surface area contributed by atoms with Crippen LogP contribution in [0.5, 0.6) is 0 Å². The Morgan fingerprint density at radius 3 is 2.29 bits per heavy atom. The van der Waals surface area contributed by atoms with Gasteiger partial charge in [-0.3, -0.25) is 4.79 Å². The lowest BCUT2D eigenvalue weighted by molar-refractivity contribution is -0.144. The molecule has 0 bridgehead atoms. The predicted molar refractivity (Wildman–Crippen MR) is 54.1 cm³/mol. The third-order valence-electron chi connectivity index (χ3n) is 3.77. The number of carboxylic acid groups (broad SMARTS) is 1. The van der Waals surface area contributed by atoms with Crippen molar-refractivity contribution in [3.05, 3.63) is 0 Å². The summed E-state index contributed by atoms with van der Waals surface area (Å²) in [5.74, 6) is -0.300. The Morgan fingerprint density at radius 1 is 1.29 bits per heavy atom. The summed E-state index contributed by atoms with van der Waals surface area (Å²) in [6, 6.07) is 0.608. The van der Waals surface area contributed by atoms with Gasteiger partial charge in [0, 0.05) is 12.6 Å². The molecule has 1 atom stereocenters. The number of aliphatic carboxylic acids is 1. The Labute approximate surface area is 84.9 Å². The minimum absolute atomic E-state index is 0.135. The van der Waals surface area contributed by atoms with Crippen LogP contribution in [0.4, 0.5) is 0 Å². The fraction of sp³-hybridized carbons (Fsp3) is 0.909. The van der Waals surface area contributed by atoms with Crippen LogP contribution in [-0.4, -0.2) is 23.7 Å². The summed E-state index contributed by atoms with van der Waals surface area (Å²) in [6.45, 7) is 0.685. The van der Waals surface area contributed by atoms with E-state index in [2.05, 4.69) is 5.32 Å². The van der Waals surface area contributed by atoms with Gasteiger partial charge in [-0.05, 0) is 31.6 Å². The minimum atomic E-state index is -0.610. The third kappa shape index (κ3) is 2.08. The summed E-state index contributed by atoms with van der Waals surface area (Å²) in [6.07, 6.45) is 7.22. The molecular weight excluding hydrogens is 178 g/mol. The summed E-state index contributed by atoms with van der Waals surface area (Å²) >= 11 is 0. The number of hydrogen-bond acceptors (Lipinski definition) is 2. The Hall–Kier alpha value is -0.570. The van der Waals surface area contributed by atoms with E-state index in [1.165, 1.54) is 25.7 Å². The molecule has 2 aliphatic rings. The zero-order valence-corrected chi connectivity index (χ0v) is 8.54. The first-order valence-electron chi connectivity index (χ1n) is 5.73. The Morgan fingerprint density at radius 2 is 1.93 bits per heavy atom. The van der Waals surface area contributed by atoms with E-state index < -0.39 is 5.97 Å². The van der Waals surface area contributed by atoms with Crippen molar-refractivity contribution in [1.82, 2.24) is 5.32 Å². The van der Waals surface area contributed by atoms with Gasteiger partial charge >= 0.3 is 5.97 Å². The molecule has 0 heterocycles. The van der Waals surface area contributed by atoms with Crippen LogP contribution in [0.15, 0.2) is 0 Å². The molecule has 2 saturated carbocycles. The van der Waals surface area contributed by atoms with Gasteiger partial charge in [0.15, 0.2) is 0 Å². The first kappa shape index (κ1) is 9.97. The van der Waals surface area contributed by atoms with E-state index in [0.717, 1.165) is 12.8 Å². The standard InChI is InChI=1S/C11H19NO2/c13-11(14)10(8-3-1-4-8)7-12-9-5-2-6-9/h8-10,12H,1-7H2,(H,13,14). The van der Waals surface area contributed by atoms with Crippen molar-refractivity contribution >= 4 is 5.97 Å². The van der Waals surface area contributed by atoms with Crippen LogP contribution in [-0.2, 0) is 4.79 Å². The minimum Gasteiger partial charge on any atom is -0.481 e. The maximum absolute atomic E-state index is 11.0.